The van der Waals surface area contributed by atoms with Gasteiger partial charge in [0, 0.05) is 0 Å². The quantitative estimate of drug-likeness (QED) is 0.0247. The number of hydrogen-bond acceptors (Lipinski definition) is 6. The third-order valence-electron chi connectivity index (χ3n) is 16.2. The second-order valence-corrected chi connectivity index (χ2v) is 25.4. The van der Waals surface area contributed by atoms with E-state index in [0.717, 1.165) is 49.3 Å². The summed E-state index contributed by atoms with van der Waals surface area (Å²) in [6.07, 6.45) is 56.5. The molecular formula is C68H110BaO6S2. The van der Waals surface area contributed by atoms with Crippen LogP contribution in [0.25, 0.3) is 21.5 Å². The van der Waals surface area contributed by atoms with Crippen molar-refractivity contribution in [2.45, 2.75) is 320 Å². The van der Waals surface area contributed by atoms with Crippen molar-refractivity contribution in [2.75, 3.05) is 0 Å². The first kappa shape index (κ1) is 71.9. The predicted octanol–water partition coefficient (Wildman–Crippen LogP) is 21.0. The molecule has 6 nitrogen and oxygen atoms in total. The van der Waals surface area contributed by atoms with Gasteiger partial charge in [-0.2, -0.15) is 0 Å². The zero-order valence-electron chi connectivity index (χ0n) is 49.9. The van der Waals surface area contributed by atoms with E-state index in [9.17, 15) is 25.9 Å². The van der Waals surface area contributed by atoms with Crippen molar-refractivity contribution < 1.29 is 25.9 Å². The number of benzene rings is 4. The first-order valence-corrected chi connectivity index (χ1v) is 34.8. The molecule has 4 aromatic carbocycles. The van der Waals surface area contributed by atoms with Crippen molar-refractivity contribution in [2.24, 2.45) is 0 Å². The fourth-order valence-electron chi connectivity index (χ4n) is 11.6. The summed E-state index contributed by atoms with van der Waals surface area (Å²) in [5.41, 5.74) is 5.22. The number of aryl methyl sites for hydroxylation is 4. The van der Waals surface area contributed by atoms with Gasteiger partial charge in [-0.05, 0) is 107 Å². The molecule has 0 fully saturated rings. The molecule has 0 aliphatic carbocycles. The molecule has 0 amide bonds. The smallest absolute Gasteiger partial charge is 0.744 e. The zero-order valence-corrected chi connectivity index (χ0v) is 55.9. The molecule has 432 valence electrons. The van der Waals surface area contributed by atoms with Gasteiger partial charge in [-0.15, -0.1) is 0 Å². The van der Waals surface area contributed by atoms with E-state index in [1.807, 2.05) is 24.3 Å². The van der Waals surface area contributed by atoms with Gasteiger partial charge in [0.15, 0.2) is 0 Å². The van der Waals surface area contributed by atoms with Crippen LogP contribution in [0.4, 0.5) is 0 Å². The van der Waals surface area contributed by atoms with E-state index in [1.165, 1.54) is 278 Å². The maximum atomic E-state index is 11.9. The predicted molar refractivity (Wildman–Crippen MR) is 332 cm³/mol. The SMILES string of the molecule is CCCCCCCCCCCCc1ccc2c(S(=O)(=O)[O-])cccc2c1CCCCCCCCCCCC.CCCCCCCCCCCCc1ccc2c(S(=O)(=O)[O-])cccc2c1CCCCCCCCCCCC.[Ba+2]. The minimum Gasteiger partial charge on any atom is -0.744 e. The standard InChI is InChI=1S/2C34H56O3S.Ba/c2*1-3-5-7-9-11-13-15-17-19-21-24-30-28-29-33-32(26-23-27-34(33)38(35,36)37)31(30)25-22-20-18-16-14-12-10-8-6-4-2;/h2*23,26-29H,3-22,24-25H2,1-2H3,(H,35,36,37);/q;;+2/p-2. The van der Waals surface area contributed by atoms with Crippen LogP contribution in [-0.2, 0) is 45.9 Å². The Kier molecular flexibility index (Phi) is 42.3. The average molecular weight is 1230 g/mol. The van der Waals surface area contributed by atoms with E-state index in [1.54, 1.807) is 12.1 Å². The van der Waals surface area contributed by atoms with Crippen LogP contribution < -0.4 is 0 Å². The van der Waals surface area contributed by atoms with Crippen LogP contribution in [0.5, 0.6) is 0 Å². The fraction of sp³-hybridized carbons (Fsp3) is 0.706. The molecular weight excluding hydrogens is 1110 g/mol. The minimum absolute atomic E-state index is 0. The molecule has 0 aliphatic rings. The third kappa shape index (κ3) is 31.2. The van der Waals surface area contributed by atoms with Crippen molar-refractivity contribution in [1.29, 1.82) is 0 Å². The van der Waals surface area contributed by atoms with Gasteiger partial charge in [0.25, 0.3) is 0 Å². The summed E-state index contributed by atoms with van der Waals surface area (Å²) in [5.74, 6) is 0. The fourth-order valence-corrected chi connectivity index (χ4v) is 12.9. The van der Waals surface area contributed by atoms with Gasteiger partial charge in [0.1, 0.15) is 20.2 Å². The van der Waals surface area contributed by atoms with Crippen molar-refractivity contribution in [3.63, 3.8) is 0 Å². The largest absolute Gasteiger partial charge is 2.00 e. The molecule has 0 unspecified atom stereocenters. The van der Waals surface area contributed by atoms with Crippen LogP contribution in [0.3, 0.4) is 0 Å². The normalized spacial score (nSPS) is 11.8. The van der Waals surface area contributed by atoms with Crippen LogP contribution in [0.1, 0.15) is 307 Å². The zero-order chi connectivity index (χ0) is 55.0. The molecule has 0 aromatic heterocycles. The summed E-state index contributed by atoms with van der Waals surface area (Å²) in [6.45, 7) is 9.06. The topological polar surface area (TPSA) is 114 Å². The van der Waals surface area contributed by atoms with E-state index in [-0.39, 0.29) is 58.7 Å². The summed E-state index contributed by atoms with van der Waals surface area (Å²) >= 11 is 0. The molecule has 4 aromatic rings. The van der Waals surface area contributed by atoms with Gasteiger partial charge < -0.3 is 9.11 Å². The molecule has 4 rings (SSSR count). The maximum Gasteiger partial charge on any atom is 2.00 e. The number of hydrogen-bond donors (Lipinski definition) is 0. The van der Waals surface area contributed by atoms with E-state index in [2.05, 4.69) is 39.8 Å². The van der Waals surface area contributed by atoms with Gasteiger partial charge in [-0.25, -0.2) is 16.8 Å². The van der Waals surface area contributed by atoms with Crippen molar-refractivity contribution in [3.8, 4) is 0 Å². The van der Waals surface area contributed by atoms with E-state index >= 15 is 0 Å². The van der Waals surface area contributed by atoms with Gasteiger partial charge in [-0.1, -0.05) is 307 Å². The summed E-state index contributed by atoms with van der Waals surface area (Å²) in [5, 5.41) is 3.11. The van der Waals surface area contributed by atoms with Gasteiger partial charge >= 0.3 is 48.9 Å². The van der Waals surface area contributed by atoms with Crippen LogP contribution in [0.2, 0.25) is 0 Å². The second kappa shape index (κ2) is 45.3. The summed E-state index contributed by atoms with van der Waals surface area (Å²) < 4.78 is 71.4. The Bertz CT molecular complexity index is 2160. The minimum atomic E-state index is -4.49. The molecule has 0 radical (unpaired) electrons. The van der Waals surface area contributed by atoms with Crippen LogP contribution >= 0.6 is 0 Å². The van der Waals surface area contributed by atoms with E-state index in [0.29, 0.717) is 10.8 Å². The molecule has 0 heterocycles. The maximum absolute atomic E-state index is 11.9. The molecule has 77 heavy (non-hydrogen) atoms. The number of rotatable bonds is 46. The number of unbranched alkanes of at least 4 members (excludes halogenated alkanes) is 36. The van der Waals surface area contributed by atoms with Gasteiger partial charge in [0.2, 0.25) is 0 Å². The monoisotopic (exact) mass is 1220 g/mol. The van der Waals surface area contributed by atoms with Crippen molar-refractivity contribution in [3.05, 3.63) is 82.9 Å². The Hall–Kier alpha value is -1.21. The second-order valence-electron chi connectivity index (χ2n) is 22.7. The molecule has 0 saturated heterocycles. The van der Waals surface area contributed by atoms with Crippen LogP contribution in [0, 0.1) is 0 Å². The molecule has 0 bridgehead atoms. The van der Waals surface area contributed by atoms with Gasteiger partial charge in [-0.3, -0.25) is 0 Å². The Balaban J connectivity index is 0.000000520. The molecule has 0 aliphatic heterocycles. The average Bonchev–Trinajstić information content (AvgIpc) is 3.44. The number of fused-ring (bicyclic) bond motifs is 2. The third-order valence-corrected chi connectivity index (χ3v) is 17.9. The van der Waals surface area contributed by atoms with Crippen molar-refractivity contribution in [1.82, 2.24) is 0 Å². The van der Waals surface area contributed by atoms with E-state index in [4.69, 9.17) is 0 Å². The molecule has 0 spiro atoms. The summed E-state index contributed by atoms with van der Waals surface area (Å²) in [7, 11) is -8.98. The summed E-state index contributed by atoms with van der Waals surface area (Å²) in [6, 6.07) is 18.3. The first-order chi connectivity index (χ1) is 37.0. The Morgan fingerprint density at radius 2 is 0.494 bits per heavy atom. The first-order valence-electron chi connectivity index (χ1n) is 32.0. The Morgan fingerprint density at radius 3 is 0.727 bits per heavy atom. The van der Waals surface area contributed by atoms with Crippen LogP contribution in [0.15, 0.2) is 70.5 Å². The molecule has 0 atom stereocenters. The van der Waals surface area contributed by atoms with Crippen molar-refractivity contribution >= 4 is 90.7 Å². The van der Waals surface area contributed by atoms with Crippen LogP contribution in [-0.4, -0.2) is 74.8 Å². The van der Waals surface area contributed by atoms with E-state index < -0.39 is 20.2 Å². The summed E-state index contributed by atoms with van der Waals surface area (Å²) in [4.78, 5) is -0.158. The molecule has 0 saturated carbocycles. The van der Waals surface area contributed by atoms with Gasteiger partial charge in [0.05, 0.1) is 9.79 Å². The molecule has 0 N–H and O–H groups in total. The Morgan fingerprint density at radius 1 is 0.273 bits per heavy atom. The molecule has 9 heteroatoms. The Labute approximate surface area is 514 Å².